The molecule has 10 nitrogen and oxygen atoms in total. The Kier molecular flexibility index (Phi) is 9.48. The van der Waals surface area contributed by atoms with Crippen molar-refractivity contribution in [3.8, 4) is 0 Å². The van der Waals surface area contributed by atoms with E-state index in [1.165, 1.54) is 21.1 Å². The Bertz CT molecular complexity index is 1720. The van der Waals surface area contributed by atoms with Crippen LogP contribution in [0, 0.1) is 24.7 Å². The van der Waals surface area contributed by atoms with Crippen LogP contribution in [0.15, 0.2) is 57.7 Å². The molecule has 0 radical (unpaired) electrons. The molecule has 6 atom stereocenters. The summed E-state index contributed by atoms with van der Waals surface area (Å²) in [5.41, 5.74) is 5.92. The number of ketones is 1. The van der Waals surface area contributed by atoms with E-state index >= 15 is 0 Å². The number of Topliss-reactive ketones (excluding diaryl/α,β-unsaturated/α-hetero) is 1. The van der Waals surface area contributed by atoms with Crippen molar-refractivity contribution in [2.24, 2.45) is 17.8 Å². The third-order valence-corrected chi connectivity index (χ3v) is 10.5. The van der Waals surface area contributed by atoms with Crippen molar-refractivity contribution in [1.29, 1.82) is 0 Å². The van der Waals surface area contributed by atoms with Gasteiger partial charge in [-0.15, -0.1) is 34.5 Å². The van der Waals surface area contributed by atoms with Gasteiger partial charge in [-0.25, -0.2) is 0 Å². The molecular weight excluding hydrogens is 609 g/mol. The van der Waals surface area contributed by atoms with Crippen molar-refractivity contribution in [2.75, 3.05) is 14.2 Å². The second-order valence-electron chi connectivity index (χ2n) is 12.9. The van der Waals surface area contributed by atoms with Gasteiger partial charge >= 0.3 is 35.0 Å². The quantitative estimate of drug-likeness (QED) is 0.245. The fraction of sp³-hybridized carbons (Fsp3) is 0.472. The molecular formula is C36H40MgN4O6-2. The number of carbonyl (C=O) groups excluding carboxylic acids is 3. The number of carbonyl (C=O) groups is 3. The number of aromatic nitrogens is 1. The van der Waals surface area contributed by atoms with E-state index in [9.17, 15) is 19.5 Å². The summed E-state index contributed by atoms with van der Waals surface area (Å²) in [6.07, 6.45) is 7.36. The van der Waals surface area contributed by atoms with E-state index in [-0.39, 0.29) is 76.3 Å². The smallest absolute Gasteiger partial charge is 0.684 e. The summed E-state index contributed by atoms with van der Waals surface area (Å²) < 4.78 is 10.1. The van der Waals surface area contributed by atoms with Gasteiger partial charge in [0.15, 0.2) is 5.78 Å². The molecule has 5 heterocycles. The number of rotatable bonds is 6. The third-order valence-electron chi connectivity index (χ3n) is 10.5. The molecule has 1 aromatic rings. The van der Waals surface area contributed by atoms with Gasteiger partial charge in [0, 0.05) is 12.0 Å². The van der Waals surface area contributed by atoms with E-state index in [4.69, 9.17) is 30.4 Å². The molecule has 0 spiro atoms. The number of methoxy groups -OCH3 is 2. The van der Waals surface area contributed by atoms with Gasteiger partial charge in [0.1, 0.15) is 5.92 Å². The Morgan fingerprint density at radius 3 is 2.51 bits per heavy atom. The number of allylic oxidation sites excluding steroid dienone is 3. The Labute approximate surface area is 292 Å². The molecule has 1 fully saturated rings. The molecule has 1 N–H and O–H groups in total. The molecule has 1 aromatic heterocycles. The molecule has 0 aromatic carbocycles. The zero-order chi connectivity index (χ0) is 33.2. The molecule has 1 aliphatic carbocycles. The van der Waals surface area contributed by atoms with E-state index in [2.05, 4.69) is 20.4 Å². The van der Waals surface area contributed by atoms with E-state index < -0.39 is 23.3 Å². The van der Waals surface area contributed by atoms with Crippen LogP contribution in [0.4, 0.5) is 0 Å². The molecule has 11 heteroatoms. The van der Waals surface area contributed by atoms with E-state index in [1.807, 2.05) is 26.0 Å². The molecule has 0 saturated carbocycles. The van der Waals surface area contributed by atoms with Crippen LogP contribution in [-0.4, -0.2) is 77.8 Å². The Balaban J connectivity index is 0.00000433. The summed E-state index contributed by atoms with van der Waals surface area (Å²) in [6.45, 7) is 13.8. The molecule has 5 aliphatic rings. The van der Waals surface area contributed by atoms with Gasteiger partial charge < -0.3 is 35.5 Å². The first-order chi connectivity index (χ1) is 21.9. The largest absolute Gasteiger partial charge is 2.00 e. The topological polar surface area (TPSA) is 146 Å². The second kappa shape index (κ2) is 12.8. The average molecular weight is 649 g/mol. The first kappa shape index (κ1) is 34.8. The molecule has 8 bridgehead atoms. The van der Waals surface area contributed by atoms with Crippen LogP contribution in [0.3, 0.4) is 0 Å². The summed E-state index contributed by atoms with van der Waals surface area (Å²) >= 11 is 0. The predicted molar refractivity (Wildman–Crippen MR) is 180 cm³/mol. The van der Waals surface area contributed by atoms with E-state index in [0.717, 1.165) is 33.7 Å². The van der Waals surface area contributed by atoms with Crippen LogP contribution < -0.4 is 4.98 Å². The molecule has 47 heavy (non-hydrogen) atoms. The molecule has 1 saturated heterocycles. The van der Waals surface area contributed by atoms with Crippen molar-refractivity contribution >= 4 is 52.9 Å². The van der Waals surface area contributed by atoms with E-state index in [0.29, 0.717) is 36.2 Å². The minimum atomic E-state index is -1.79. The van der Waals surface area contributed by atoms with Crippen molar-refractivity contribution in [1.82, 2.24) is 4.98 Å². The number of aliphatic hydroxyl groups is 1. The number of hydrogen-bond donors (Lipinski definition) is 1. The number of nitrogens with zero attached hydrogens (tertiary/aromatic N) is 4. The van der Waals surface area contributed by atoms with Crippen LogP contribution >= 0.6 is 0 Å². The standard InChI is InChI=1S/C36H41N4O6.Mg/c1-9-19-16(3)22-13-24-18(5)21(11-12-28(41)45-7)32(39-24)29-30(35(43)46-8)34(42)31-33(29)40-27(36(31,6)44)15-26-20(10-2)17(4)23(38-26)14-25(19)37-22;/h9,14-15,18,21-22,24,30,44H,1,10-13H2,2-8H3,(H-,39,40,42);/q-3;+2/p-1/b25-14-,27-15-;/t18-,21-,22?,24?,30+,36+;/m0./s1. The maximum Gasteiger partial charge on any atom is 2.00 e. The van der Waals surface area contributed by atoms with Crippen molar-refractivity contribution in [3.63, 3.8) is 0 Å². The predicted octanol–water partition coefficient (Wildman–Crippen LogP) is 5.46. The van der Waals surface area contributed by atoms with Crippen LogP contribution in [0.1, 0.15) is 69.5 Å². The average Bonchev–Trinajstić information content (AvgIpc) is 3.75. The third kappa shape index (κ3) is 5.40. The molecule has 4 aliphatic heterocycles. The Morgan fingerprint density at radius 1 is 1.15 bits per heavy atom. The maximum atomic E-state index is 14.1. The minimum Gasteiger partial charge on any atom is -0.684 e. The summed E-state index contributed by atoms with van der Waals surface area (Å²) in [6, 6.07) is -0.409. The van der Waals surface area contributed by atoms with Crippen LogP contribution in [0.2, 0.25) is 0 Å². The molecule has 6 rings (SSSR count). The summed E-state index contributed by atoms with van der Waals surface area (Å²) in [4.78, 5) is 44.7. The van der Waals surface area contributed by atoms with Crippen LogP contribution in [0.5, 0.6) is 0 Å². The summed E-state index contributed by atoms with van der Waals surface area (Å²) in [5.74, 6) is -3.34. The van der Waals surface area contributed by atoms with Crippen molar-refractivity contribution in [3.05, 3.63) is 96.2 Å². The van der Waals surface area contributed by atoms with Gasteiger partial charge in [-0.2, -0.15) is 5.70 Å². The molecule has 2 unspecified atom stereocenters. The molecule has 0 amide bonds. The van der Waals surface area contributed by atoms with Gasteiger partial charge in [-0.1, -0.05) is 79.3 Å². The summed E-state index contributed by atoms with van der Waals surface area (Å²) in [7, 11) is 2.58. The normalized spacial score (nSPS) is 32.9. The van der Waals surface area contributed by atoms with Gasteiger partial charge in [0.25, 0.3) is 0 Å². The van der Waals surface area contributed by atoms with Gasteiger partial charge in [-0.3, -0.25) is 14.4 Å². The zero-order valence-corrected chi connectivity index (χ0v) is 29.6. The Hall–Kier alpha value is -3.54. The van der Waals surface area contributed by atoms with Gasteiger partial charge in [0.2, 0.25) is 0 Å². The number of ether oxygens (including phenoxy) is 2. The zero-order valence-electron chi connectivity index (χ0n) is 28.1. The van der Waals surface area contributed by atoms with E-state index in [1.54, 1.807) is 6.08 Å². The van der Waals surface area contributed by atoms with Gasteiger partial charge in [0.05, 0.1) is 19.8 Å². The van der Waals surface area contributed by atoms with Crippen molar-refractivity contribution < 1.29 is 29.0 Å². The minimum absolute atomic E-state index is 0. The fourth-order valence-corrected chi connectivity index (χ4v) is 7.76. The summed E-state index contributed by atoms with van der Waals surface area (Å²) in [5, 5.41) is 27.2. The SMILES string of the molecule is C=CC1=C(C)C2CC3[N-]/C(=C4\C5=C(C(=O)[C@@H]4C(=O)OC)[C@](C)(O)/C(=C/c4[n-]c(c(C)c4CC)/C=C/1[N-]2)[N-]5)[C@@H](CCC(=O)OC)[C@@H]3C.[Mg+2]. The fourth-order valence-electron chi connectivity index (χ4n) is 7.76. The number of fused-ring (bicyclic) bond motifs is 7. The Morgan fingerprint density at radius 2 is 1.87 bits per heavy atom. The number of esters is 2. The monoisotopic (exact) mass is 648 g/mol. The van der Waals surface area contributed by atoms with Gasteiger partial charge in [-0.05, 0) is 45.1 Å². The maximum absolute atomic E-state index is 14.1. The van der Waals surface area contributed by atoms with Crippen LogP contribution in [0.25, 0.3) is 28.1 Å². The first-order valence-corrected chi connectivity index (χ1v) is 15.8. The van der Waals surface area contributed by atoms with Crippen molar-refractivity contribution in [2.45, 2.75) is 78.0 Å². The first-order valence-electron chi connectivity index (χ1n) is 15.8. The second-order valence-corrected chi connectivity index (χ2v) is 12.9. The molecule has 244 valence electrons. The van der Waals surface area contributed by atoms with Crippen LogP contribution in [-0.2, 0) is 30.3 Å². The number of hydrogen-bond acceptors (Lipinski definition) is 6.